The highest BCUT2D eigenvalue weighted by molar-refractivity contribution is 5.47. The van der Waals surface area contributed by atoms with E-state index in [2.05, 4.69) is 25.9 Å². The van der Waals surface area contributed by atoms with Crippen molar-refractivity contribution in [3.8, 4) is 0 Å². The lowest BCUT2D eigenvalue weighted by Crippen LogP contribution is -2.12. The maximum absolute atomic E-state index is 5.40. The first-order valence-electron chi connectivity index (χ1n) is 6.10. The second-order valence-corrected chi connectivity index (χ2v) is 4.58. The van der Waals surface area contributed by atoms with Crippen molar-refractivity contribution in [2.75, 3.05) is 10.7 Å². The van der Waals surface area contributed by atoms with Gasteiger partial charge in [-0.2, -0.15) is 0 Å². The number of hydrazine groups is 1. The van der Waals surface area contributed by atoms with Gasteiger partial charge < -0.3 is 15.3 Å². The third-order valence-corrected chi connectivity index (χ3v) is 2.53. The second-order valence-electron chi connectivity index (χ2n) is 4.58. The van der Waals surface area contributed by atoms with Crippen LogP contribution in [-0.4, -0.2) is 15.1 Å². The van der Waals surface area contributed by atoms with E-state index >= 15 is 0 Å². The van der Waals surface area contributed by atoms with Crippen LogP contribution in [0.2, 0.25) is 0 Å². The lowest BCUT2D eigenvalue weighted by molar-refractivity contribution is 0.384. The van der Waals surface area contributed by atoms with Crippen LogP contribution in [0.5, 0.6) is 0 Å². The zero-order chi connectivity index (χ0) is 13.8. The first kappa shape index (κ1) is 13.3. The van der Waals surface area contributed by atoms with Gasteiger partial charge in [0.25, 0.3) is 0 Å². The largest absolute Gasteiger partial charge is 0.363 e. The van der Waals surface area contributed by atoms with Crippen molar-refractivity contribution in [2.45, 2.75) is 33.2 Å². The Bertz CT molecular complexity index is 551. The summed E-state index contributed by atoms with van der Waals surface area (Å²) in [5.41, 5.74) is 3.39. The number of hydrogen-bond donors (Lipinski definition) is 3. The molecule has 0 atom stereocenters. The van der Waals surface area contributed by atoms with E-state index in [1.165, 1.54) is 0 Å². The van der Waals surface area contributed by atoms with Gasteiger partial charge in [-0.05, 0) is 6.92 Å². The van der Waals surface area contributed by atoms with E-state index < -0.39 is 0 Å². The van der Waals surface area contributed by atoms with Crippen LogP contribution in [0.25, 0.3) is 0 Å². The summed E-state index contributed by atoms with van der Waals surface area (Å²) in [5, 5.41) is 6.99. The minimum Gasteiger partial charge on any atom is -0.363 e. The fourth-order valence-electron chi connectivity index (χ4n) is 1.57. The third kappa shape index (κ3) is 3.41. The van der Waals surface area contributed by atoms with Crippen LogP contribution in [-0.2, 0) is 6.54 Å². The smallest absolute Gasteiger partial charge is 0.156 e. The van der Waals surface area contributed by atoms with Crippen molar-refractivity contribution in [3.05, 3.63) is 29.4 Å². The van der Waals surface area contributed by atoms with E-state index in [4.69, 9.17) is 10.4 Å². The molecule has 0 amide bonds. The maximum Gasteiger partial charge on any atom is 0.156 e. The Morgan fingerprint density at radius 2 is 2.00 bits per heavy atom. The number of hydrogen-bond acceptors (Lipinski definition) is 7. The first-order valence-corrected chi connectivity index (χ1v) is 6.10. The van der Waals surface area contributed by atoms with Crippen LogP contribution in [0.15, 0.2) is 16.7 Å². The average molecular weight is 262 g/mol. The molecule has 0 aliphatic heterocycles. The van der Waals surface area contributed by atoms with Crippen LogP contribution in [0.1, 0.15) is 37.0 Å². The Morgan fingerprint density at radius 1 is 1.26 bits per heavy atom. The highest BCUT2D eigenvalue weighted by Gasteiger charge is 2.08. The van der Waals surface area contributed by atoms with Crippen molar-refractivity contribution in [1.29, 1.82) is 0 Å². The van der Waals surface area contributed by atoms with Gasteiger partial charge >= 0.3 is 0 Å². The van der Waals surface area contributed by atoms with E-state index in [0.29, 0.717) is 18.2 Å². The van der Waals surface area contributed by atoms with Gasteiger partial charge in [0.1, 0.15) is 17.5 Å². The second kappa shape index (κ2) is 5.66. The summed E-state index contributed by atoms with van der Waals surface area (Å²) in [6.07, 6.45) is 0. The molecule has 7 heteroatoms. The molecule has 4 N–H and O–H groups in total. The minimum absolute atomic E-state index is 0.223. The van der Waals surface area contributed by atoms with Crippen molar-refractivity contribution in [1.82, 2.24) is 15.1 Å². The Morgan fingerprint density at radius 3 is 2.58 bits per heavy atom. The molecule has 0 bridgehead atoms. The zero-order valence-electron chi connectivity index (χ0n) is 11.3. The summed E-state index contributed by atoms with van der Waals surface area (Å²) in [6, 6.07) is 3.62. The predicted molar refractivity (Wildman–Crippen MR) is 72.5 cm³/mol. The normalized spacial score (nSPS) is 10.8. The van der Waals surface area contributed by atoms with Crippen molar-refractivity contribution in [3.63, 3.8) is 0 Å². The fraction of sp³-hybridized carbons (Fsp3) is 0.417. The topological polar surface area (TPSA) is 102 Å². The SMILES string of the molecule is Cc1cc(CNc2cc(NN)nc(C(C)C)n2)on1. The summed E-state index contributed by atoms with van der Waals surface area (Å²) in [7, 11) is 0. The molecule has 0 aromatic carbocycles. The van der Waals surface area contributed by atoms with E-state index in [9.17, 15) is 0 Å². The van der Waals surface area contributed by atoms with Crippen molar-refractivity contribution >= 4 is 11.6 Å². The zero-order valence-corrected chi connectivity index (χ0v) is 11.3. The summed E-state index contributed by atoms with van der Waals surface area (Å²) in [4.78, 5) is 8.71. The molecule has 2 aromatic heterocycles. The van der Waals surface area contributed by atoms with Gasteiger partial charge in [0, 0.05) is 18.1 Å². The molecule has 2 heterocycles. The molecular weight excluding hydrogens is 244 g/mol. The molecule has 0 aliphatic carbocycles. The van der Waals surface area contributed by atoms with Gasteiger partial charge in [0.2, 0.25) is 0 Å². The molecule has 102 valence electrons. The molecule has 2 rings (SSSR count). The Kier molecular flexibility index (Phi) is 3.96. The highest BCUT2D eigenvalue weighted by Crippen LogP contribution is 2.17. The van der Waals surface area contributed by atoms with Gasteiger partial charge in [0.05, 0.1) is 12.2 Å². The summed E-state index contributed by atoms with van der Waals surface area (Å²) >= 11 is 0. The van der Waals surface area contributed by atoms with Crippen LogP contribution < -0.4 is 16.6 Å². The molecule has 0 radical (unpaired) electrons. The summed E-state index contributed by atoms with van der Waals surface area (Å²) in [5.74, 6) is 8.38. The van der Waals surface area contributed by atoms with E-state index in [1.807, 2.05) is 26.8 Å². The Hall–Kier alpha value is -2.15. The number of nitrogens with two attached hydrogens (primary N) is 1. The van der Waals surface area contributed by atoms with Gasteiger partial charge in [0.15, 0.2) is 5.76 Å². The molecular formula is C12H18N6O. The highest BCUT2D eigenvalue weighted by atomic mass is 16.5. The molecule has 2 aromatic rings. The van der Waals surface area contributed by atoms with Crippen molar-refractivity contribution in [2.24, 2.45) is 5.84 Å². The standard InChI is InChI=1S/C12H18N6O/c1-7(2)12-15-10(5-11(16-12)17-13)14-6-9-4-8(3)18-19-9/h4-5,7H,6,13H2,1-3H3,(H2,14,15,16,17). The van der Waals surface area contributed by atoms with E-state index in [1.54, 1.807) is 6.07 Å². The number of aromatic nitrogens is 3. The summed E-state index contributed by atoms with van der Waals surface area (Å²) in [6.45, 7) is 6.45. The number of nitrogens with one attached hydrogen (secondary N) is 2. The van der Waals surface area contributed by atoms with Crippen LogP contribution in [0.3, 0.4) is 0 Å². The molecule has 0 unspecified atom stereocenters. The van der Waals surface area contributed by atoms with E-state index in [0.717, 1.165) is 17.3 Å². The molecule has 0 aliphatic rings. The number of nitrogens with zero attached hydrogens (tertiary/aromatic N) is 3. The molecule has 0 fully saturated rings. The van der Waals surface area contributed by atoms with E-state index in [-0.39, 0.29) is 5.92 Å². The number of aryl methyl sites for hydroxylation is 1. The molecule has 19 heavy (non-hydrogen) atoms. The summed E-state index contributed by atoms with van der Waals surface area (Å²) < 4.78 is 5.12. The van der Waals surface area contributed by atoms with Gasteiger partial charge in [-0.15, -0.1) is 0 Å². The number of anilines is 2. The number of rotatable bonds is 5. The monoisotopic (exact) mass is 262 g/mol. The Balaban J connectivity index is 2.12. The lowest BCUT2D eigenvalue weighted by Gasteiger charge is -2.10. The Labute approximate surface area is 111 Å². The molecule has 0 saturated carbocycles. The molecule has 7 nitrogen and oxygen atoms in total. The maximum atomic E-state index is 5.40. The van der Waals surface area contributed by atoms with Crippen LogP contribution in [0, 0.1) is 6.92 Å². The van der Waals surface area contributed by atoms with Gasteiger partial charge in [-0.1, -0.05) is 19.0 Å². The molecule has 0 spiro atoms. The number of nitrogen functional groups attached to an aromatic ring is 1. The fourth-order valence-corrected chi connectivity index (χ4v) is 1.57. The molecule has 0 saturated heterocycles. The minimum atomic E-state index is 0.223. The van der Waals surface area contributed by atoms with Crippen LogP contribution in [0.4, 0.5) is 11.6 Å². The average Bonchev–Trinajstić information content (AvgIpc) is 2.81. The van der Waals surface area contributed by atoms with Gasteiger partial charge in [-0.25, -0.2) is 15.8 Å². The lowest BCUT2D eigenvalue weighted by atomic mass is 10.2. The third-order valence-electron chi connectivity index (χ3n) is 2.53. The quantitative estimate of drug-likeness (QED) is 0.557. The van der Waals surface area contributed by atoms with Gasteiger partial charge in [-0.3, -0.25) is 0 Å². The predicted octanol–water partition coefficient (Wildman–Crippen LogP) is 1.79. The van der Waals surface area contributed by atoms with Crippen molar-refractivity contribution < 1.29 is 4.52 Å². The first-order chi connectivity index (χ1) is 9.08. The van der Waals surface area contributed by atoms with Crippen LogP contribution >= 0.6 is 0 Å².